The standard InChI is InChI=1S/C30H28N2O5/c1-4-35-28-17-22(18-31-32-29(33)19-36-26-14-12-20(2)16-21(26)3)13-15-27(28)37-30(34)25-11-7-9-23-8-5-6-10-24(23)25/h5-18H,4,19H2,1-3H3,(H,32,33). The van der Waals surface area contributed by atoms with E-state index >= 15 is 0 Å². The molecule has 0 fully saturated rings. The van der Waals surface area contributed by atoms with Gasteiger partial charge in [0.15, 0.2) is 18.1 Å². The van der Waals surface area contributed by atoms with Crippen molar-refractivity contribution < 1.29 is 23.8 Å². The number of amides is 1. The number of benzene rings is 4. The lowest BCUT2D eigenvalue weighted by Crippen LogP contribution is -2.24. The molecule has 0 heterocycles. The van der Waals surface area contributed by atoms with Gasteiger partial charge in [0, 0.05) is 0 Å². The highest BCUT2D eigenvalue weighted by Crippen LogP contribution is 2.30. The Labute approximate surface area is 215 Å². The van der Waals surface area contributed by atoms with Crippen LogP contribution in [-0.2, 0) is 4.79 Å². The highest BCUT2D eigenvalue weighted by atomic mass is 16.6. The van der Waals surface area contributed by atoms with Crippen LogP contribution in [0.25, 0.3) is 10.8 Å². The van der Waals surface area contributed by atoms with E-state index in [-0.39, 0.29) is 12.5 Å². The topological polar surface area (TPSA) is 86.2 Å². The molecule has 0 saturated carbocycles. The fourth-order valence-corrected chi connectivity index (χ4v) is 3.83. The van der Waals surface area contributed by atoms with E-state index in [1.54, 1.807) is 24.3 Å². The van der Waals surface area contributed by atoms with Crippen molar-refractivity contribution >= 4 is 28.9 Å². The summed E-state index contributed by atoms with van der Waals surface area (Å²) in [5, 5.41) is 5.76. The molecule has 0 aromatic heterocycles. The molecule has 0 bridgehead atoms. The smallest absolute Gasteiger partial charge is 0.344 e. The van der Waals surface area contributed by atoms with E-state index in [1.807, 2.05) is 75.4 Å². The zero-order valence-electron chi connectivity index (χ0n) is 21.0. The van der Waals surface area contributed by atoms with Crippen LogP contribution < -0.4 is 19.6 Å². The number of aryl methyl sites for hydroxylation is 2. The van der Waals surface area contributed by atoms with Gasteiger partial charge in [-0.05, 0) is 73.0 Å². The third-order valence-electron chi connectivity index (χ3n) is 5.57. The molecule has 1 N–H and O–H groups in total. The molecule has 0 spiro atoms. The van der Waals surface area contributed by atoms with Crippen LogP contribution in [-0.4, -0.2) is 31.3 Å². The molecule has 0 aliphatic carbocycles. The van der Waals surface area contributed by atoms with E-state index in [1.165, 1.54) is 6.21 Å². The summed E-state index contributed by atoms with van der Waals surface area (Å²) in [5.41, 5.74) is 5.66. The number of rotatable bonds is 9. The van der Waals surface area contributed by atoms with Crippen LogP contribution >= 0.6 is 0 Å². The number of hydrogen-bond acceptors (Lipinski definition) is 6. The lowest BCUT2D eigenvalue weighted by Gasteiger charge is -2.12. The SMILES string of the molecule is CCOc1cc(C=NNC(=O)COc2ccc(C)cc2C)ccc1OC(=O)c1cccc2ccccc12. The van der Waals surface area contributed by atoms with Crippen molar-refractivity contribution in [1.82, 2.24) is 5.43 Å². The van der Waals surface area contributed by atoms with Gasteiger partial charge in [0.05, 0.1) is 18.4 Å². The Morgan fingerprint density at radius 1 is 0.865 bits per heavy atom. The highest BCUT2D eigenvalue weighted by Gasteiger charge is 2.15. The van der Waals surface area contributed by atoms with Gasteiger partial charge >= 0.3 is 5.97 Å². The maximum atomic E-state index is 13.0. The summed E-state index contributed by atoms with van der Waals surface area (Å²) in [5.74, 6) is 0.476. The normalized spacial score (nSPS) is 10.9. The highest BCUT2D eigenvalue weighted by molar-refractivity contribution is 6.05. The largest absolute Gasteiger partial charge is 0.490 e. The first-order chi connectivity index (χ1) is 17.9. The second-order valence-corrected chi connectivity index (χ2v) is 8.41. The van der Waals surface area contributed by atoms with Crippen LogP contribution in [0.15, 0.2) is 84.0 Å². The van der Waals surface area contributed by atoms with Crippen molar-refractivity contribution in [1.29, 1.82) is 0 Å². The molecule has 4 aromatic carbocycles. The van der Waals surface area contributed by atoms with Gasteiger partial charge in [-0.2, -0.15) is 5.10 Å². The molecule has 4 aromatic rings. The average molecular weight is 497 g/mol. The van der Waals surface area contributed by atoms with Crippen molar-refractivity contribution in [3.05, 3.63) is 101 Å². The number of hydrogen-bond donors (Lipinski definition) is 1. The Morgan fingerprint density at radius 3 is 2.46 bits per heavy atom. The number of hydrazone groups is 1. The number of nitrogens with zero attached hydrogens (tertiary/aromatic N) is 1. The van der Waals surface area contributed by atoms with Crippen LogP contribution in [0.4, 0.5) is 0 Å². The molecule has 0 saturated heterocycles. The van der Waals surface area contributed by atoms with Crippen LogP contribution in [0.2, 0.25) is 0 Å². The second-order valence-electron chi connectivity index (χ2n) is 8.41. The zero-order chi connectivity index (χ0) is 26.2. The molecule has 4 rings (SSSR count). The minimum absolute atomic E-state index is 0.158. The van der Waals surface area contributed by atoms with Crippen molar-refractivity contribution in [3.8, 4) is 17.2 Å². The molecular weight excluding hydrogens is 468 g/mol. The summed E-state index contributed by atoms with van der Waals surface area (Å²) in [4.78, 5) is 25.1. The predicted octanol–water partition coefficient (Wildman–Crippen LogP) is 5.60. The number of nitrogens with one attached hydrogen (secondary N) is 1. The van der Waals surface area contributed by atoms with E-state index in [0.29, 0.717) is 35.0 Å². The summed E-state index contributed by atoms with van der Waals surface area (Å²) in [6, 6.07) is 23.9. The maximum Gasteiger partial charge on any atom is 0.344 e. The maximum absolute atomic E-state index is 13.0. The minimum Gasteiger partial charge on any atom is -0.490 e. The Bertz CT molecular complexity index is 1460. The van der Waals surface area contributed by atoms with E-state index in [9.17, 15) is 9.59 Å². The van der Waals surface area contributed by atoms with Crippen molar-refractivity contribution in [2.75, 3.05) is 13.2 Å². The van der Waals surface area contributed by atoms with Gasteiger partial charge in [0.25, 0.3) is 5.91 Å². The van der Waals surface area contributed by atoms with E-state index in [4.69, 9.17) is 14.2 Å². The van der Waals surface area contributed by atoms with Gasteiger partial charge in [-0.1, -0.05) is 54.1 Å². The number of ether oxygens (including phenoxy) is 3. The first-order valence-electron chi connectivity index (χ1n) is 11.9. The summed E-state index contributed by atoms with van der Waals surface area (Å²) in [6.07, 6.45) is 1.48. The van der Waals surface area contributed by atoms with Crippen LogP contribution in [0.3, 0.4) is 0 Å². The number of carbonyl (C=O) groups excluding carboxylic acids is 2. The lowest BCUT2D eigenvalue weighted by molar-refractivity contribution is -0.123. The fourth-order valence-electron chi connectivity index (χ4n) is 3.83. The van der Waals surface area contributed by atoms with Gasteiger partial charge in [-0.15, -0.1) is 0 Å². The fraction of sp³-hybridized carbons (Fsp3) is 0.167. The van der Waals surface area contributed by atoms with Gasteiger partial charge in [0.1, 0.15) is 5.75 Å². The number of esters is 1. The molecule has 7 nitrogen and oxygen atoms in total. The van der Waals surface area contributed by atoms with Crippen molar-refractivity contribution in [2.45, 2.75) is 20.8 Å². The van der Waals surface area contributed by atoms with Crippen molar-refractivity contribution in [2.24, 2.45) is 5.10 Å². The first-order valence-corrected chi connectivity index (χ1v) is 11.9. The zero-order valence-corrected chi connectivity index (χ0v) is 21.0. The summed E-state index contributed by atoms with van der Waals surface area (Å²) in [6.45, 7) is 5.99. The van der Waals surface area contributed by atoms with Crippen LogP contribution in [0.1, 0.15) is 34.0 Å². The van der Waals surface area contributed by atoms with Gasteiger partial charge in [-0.3, -0.25) is 4.79 Å². The summed E-state index contributed by atoms with van der Waals surface area (Å²) < 4.78 is 16.9. The average Bonchev–Trinajstić information content (AvgIpc) is 2.89. The van der Waals surface area contributed by atoms with E-state index < -0.39 is 5.97 Å². The number of carbonyl (C=O) groups is 2. The molecule has 0 aliphatic rings. The lowest BCUT2D eigenvalue weighted by atomic mass is 10.0. The molecule has 1 amide bonds. The molecule has 0 aliphatic heterocycles. The van der Waals surface area contributed by atoms with Gasteiger partial charge < -0.3 is 14.2 Å². The monoisotopic (exact) mass is 496 g/mol. The second kappa shape index (κ2) is 11.9. The van der Waals surface area contributed by atoms with E-state index in [0.717, 1.165) is 21.9 Å². The van der Waals surface area contributed by atoms with Gasteiger partial charge in [0.2, 0.25) is 0 Å². The Hall–Kier alpha value is -4.65. The Balaban J connectivity index is 1.40. The van der Waals surface area contributed by atoms with Crippen LogP contribution in [0, 0.1) is 13.8 Å². The van der Waals surface area contributed by atoms with Crippen LogP contribution in [0.5, 0.6) is 17.2 Å². The third-order valence-corrected chi connectivity index (χ3v) is 5.57. The first kappa shape index (κ1) is 25.4. The molecule has 0 atom stereocenters. The quantitative estimate of drug-likeness (QED) is 0.141. The molecule has 7 heteroatoms. The minimum atomic E-state index is -0.477. The molecule has 37 heavy (non-hydrogen) atoms. The molecule has 0 unspecified atom stereocenters. The van der Waals surface area contributed by atoms with Gasteiger partial charge in [-0.25, -0.2) is 10.2 Å². The van der Waals surface area contributed by atoms with Crippen molar-refractivity contribution in [3.63, 3.8) is 0 Å². The summed E-state index contributed by atoms with van der Waals surface area (Å²) >= 11 is 0. The summed E-state index contributed by atoms with van der Waals surface area (Å²) in [7, 11) is 0. The Kier molecular flexibility index (Phi) is 8.15. The molecule has 0 radical (unpaired) electrons. The molecular formula is C30H28N2O5. The number of fused-ring (bicyclic) bond motifs is 1. The third kappa shape index (κ3) is 6.52. The Morgan fingerprint density at radius 2 is 1.65 bits per heavy atom. The van der Waals surface area contributed by atoms with E-state index in [2.05, 4.69) is 10.5 Å². The predicted molar refractivity (Wildman–Crippen MR) is 144 cm³/mol. The molecule has 188 valence electrons.